The van der Waals surface area contributed by atoms with Crippen molar-refractivity contribution in [1.29, 1.82) is 0 Å². The summed E-state index contributed by atoms with van der Waals surface area (Å²) < 4.78 is 1.64. The lowest BCUT2D eigenvalue weighted by Crippen LogP contribution is -2.35. The summed E-state index contributed by atoms with van der Waals surface area (Å²) in [6, 6.07) is 8.00. The van der Waals surface area contributed by atoms with Crippen LogP contribution in [0.5, 0.6) is 0 Å². The van der Waals surface area contributed by atoms with Crippen LogP contribution in [0.1, 0.15) is 32.3 Å². The van der Waals surface area contributed by atoms with Gasteiger partial charge in [-0.2, -0.15) is 5.10 Å². The molecule has 3 aromatic rings. The van der Waals surface area contributed by atoms with Crippen molar-refractivity contribution in [2.24, 2.45) is 0 Å². The predicted octanol–water partition coefficient (Wildman–Crippen LogP) is 2.81. The first-order valence-corrected chi connectivity index (χ1v) is 9.97. The summed E-state index contributed by atoms with van der Waals surface area (Å²) in [5.41, 5.74) is 2.15. The predicted molar refractivity (Wildman–Crippen MR) is 107 cm³/mol. The van der Waals surface area contributed by atoms with Crippen molar-refractivity contribution in [2.45, 2.75) is 44.8 Å². The van der Waals surface area contributed by atoms with E-state index in [1.165, 1.54) is 18.0 Å². The van der Waals surface area contributed by atoms with Gasteiger partial charge in [0.1, 0.15) is 5.39 Å². The van der Waals surface area contributed by atoms with Crippen molar-refractivity contribution in [3.63, 3.8) is 0 Å². The van der Waals surface area contributed by atoms with Crippen LogP contribution < -0.4 is 10.9 Å². The van der Waals surface area contributed by atoms with Gasteiger partial charge in [-0.05, 0) is 37.5 Å². The highest BCUT2D eigenvalue weighted by atomic mass is 32.2. The van der Waals surface area contributed by atoms with Gasteiger partial charge in [-0.1, -0.05) is 37.7 Å². The van der Waals surface area contributed by atoms with Gasteiger partial charge in [0.05, 0.1) is 17.6 Å². The lowest BCUT2D eigenvalue weighted by atomic mass is 10.2. The molecule has 0 bridgehead atoms. The molecule has 142 valence electrons. The standard InChI is InChI=1S/C19H23N5O2S/c1-4-13(5-2)21-16(25)11-27-19-22-17-15(18(26)23-19)10-20-24(17)14-8-6-7-12(3)9-14/h6-10,13H,4-5,11H2,1-3H3,(H,21,25)(H,22,23,26). The van der Waals surface area contributed by atoms with E-state index in [0.29, 0.717) is 16.2 Å². The number of nitrogens with zero attached hydrogens (tertiary/aromatic N) is 3. The number of rotatable bonds is 7. The molecule has 0 aliphatic heterocycles. The topological polar surface area (TPSA) is 92.7 Å². The number of aromatic nitrogens is 4. The molecule has 0 unspecified atom stereocenters. The summed E-state index contributed by atoms with van der Waals surface area (Å²) in [5, 5.41) is 8.11. The zero-order valence-electron chi connectivity index (χ0n) is 15.7. The van der Waals surface area contributed by atoms with Crippen molar-refractivity contribution in [3.8, 4) is 5.69 Å². The second-order valence-corrected chi connectivity index (χ2v) is 7.34. The molecular formula is C19H23N5O2S. The number of aryl methyl sites for hydroxylation is 1. The first-order chi connectivity index (χ1) is 13.0. The summed E-state index contributed by atoms with van der Waals surface area (Å²) in [4.78, 5) is 31.7. The fourth-order valence-electron chi connectivity index (χ4n) is 2.81. The molecule has 27 heavy (non-hydrogen) atoms. The third-order valence-corrected chi connectivity index (χ3v) is 5.23. The second kappa shape index (κ2) is 8.39. The van der Waals surface area contributed by atoms with Gasteiger partial charge in [-0.15, -0.1) is 0 Å². The molecule has 0 radical (unpaired) electrons. The quantitative estimate of drug-likeness (QED) is 0.482. The van der Waals surface area contributed by atoms with Crippen molar-refractivity contribution in [3.05, 3.63) is 46.4 Å². The van der Waals surface area contributed by atoms with Gasteiger partial charge >= 0.3 is 0 Å². The Hall–Kier alpha value is -2.61. The van der Waals surface area contributed by atoms with Gasteiger partial charge in [0, 0.05) is 6.04 Å². The molecule has 2 aromatic heterocycles. The number of carbonyl (C=O) groups excluding carboxylic acids is 1. The number of aromatic amines is 1. The average molecular weight is 385 g/mol. The SMILES string of the molecule is CCC(CC)NC(=O)CSc1nc2c(cnn2-c2cccc(C)c2)c(=O)[nH]1. The monoisotopic (exact) mass is 385 g/mol. The average Bonchev–Trinajstić information content (AvgIpc) is 3.09. The smallest absolute Gasteiger partial charge is 0.262 e. The number of hydrogen-bond acceptors (Lipinski definition) is 5. The summed E-state index contributed by atoms with van der Waals surface area (Å²) >= 11 is 1.21. The van der Waals surface area contributed by atoms with Gasteiger partial charge < -0.3 is 10.3 Å². The molecular weight excluding hydrogens is 362 g/mol. The molecule has 2 heterocycles. The molecule has 0 spiro atoms. The zero-order chi connectivity index (χ0) is 19.4. The largest absolute Gasteiger partial charge is 0.353 e. The summed E-state index contributed by atoms with van der Waals surface area (Å²) in [7, 11) is 0. The number of thioether (sulfide) groups is 1. The highest BCUT2D eigenvalue weighted by Crippen LogP contribution is 2.18. The van der Waals surface area contributed by atoms with Crippen LogP contribution in [0.15, 0.2) is 40.4 Å². The van der Waals surface area contributed by atoms with E-state index in [9.17, 15) is 9.59 Å². The Balaban J connectivity index is 1.84. The van der Waals surface area contributed by atoms with Crippen molar-refractivity contribution in [2.75, 3.05) is 5.75 Å². The van der Waals surface area contributed by atoms with E-state index in [2.05, 4.69) is 20.4 Å². The molecule has 7 nitrogen and oxygen atoms in total. The molecule has 3 rings (SSSR count). The van der Waals surface area contributed by atoms with E-state index in [1.54, 1.807) is 4.68 Å². The Morgan fingerprint density at radius 2 is 2.11 bits per heavy atom. The first kappa shape index (κ1) is 19.2. The van der Waals surface area contributed by atoms with Crippen LogP contribution in [0.2, 0.25) is 0 Å². The van der Waals surface area contributed by atoms with Gasteiger partial charge in [-0.25, -0.2) is 9.67 Å². The van der Waals surface area contributed by atoms with Crippen molar-refractivity contribution < 1.29 is 4.79 Å². The van der Waals surface area contributed by atoms with Crippen molar-refractivity contribution in [1.82, 2.24) is 25.1 Å². The molecule has 0 aliphatic rings. The van der Waals surface area contributed by atoms with Crippen molar-refractivity contribution >= 4 is 28.7 Å². The Labute approximate surface area is 161 Å². The summed E-state index contributed by atoms with van der Waals surface area (Å²) in [5.74, 6) is 0.132. The summed E-state index contributed by atoms with van der Waals surface area (Å²) in [6.07, 6.45) is 3.30. The van der Waals surface area contributed by atoms with E-state index >= 15 is 0 Å². The molecule has 8 heteroatoms. The number of carbonyl (C=O) groups is 1. The molecule has 1 aromatic carbocycles. The van der Waals surface area contributed by atoms with E-state index in [4.69, 9.17) is 0 Å². The number of amides is 1. The van der Waals surface area contributed by atoms with Crippen LogP contribution in [-0.2, 0) is 4.79 Å². The lowest BCUT2D eigenvalue weighted by molar-refractivity contribution is -0.119. The van der Waals surface area contributed by atoms with Gasteiger partial charge in [0.25, 0.3) is 5.56 Å². The Bertz CT molecular complexity index is 1010. The van der Waals surface area contributed by atoms with Crippen LogP contribution >= 0.6 is 11.8 Å². The molecule has 0 aliphatic carbocycles. The van der Waals surface area contributed by atoms with E-state index in [-0.39, 0.29) is 23.3 Å². The number of H-pyrrole nitrogens is 1. The maximum absolute atomic E-state index is 12.4. The van der Waals surface area contributed by atoms with Gasteiger partial charge in [-0.3, -0.25) is 9.59 Å². The van der Waals surface area contributed by atoms with Gasteiger partial charge in [0.2, 0.25) is 5.91 Å². The maximum Gasteiger partial charge on any atom is 0.262 e. The molecule has 2 N–H and O–H groups in total. The highest BCUT2D eigenvalue weighted by Gasteiger charge is 2.14. The molecule has 1 amide bonds. The molecule has 0 atom stereocenters. The maximum atomic E-state index is 12.4. The Morgan fingerprint density at radius 1 is 1.33 bits per heavy atom. The van der Waals surface area contributed by atoms with Crippen LogP contribution in [0.4, 0.5) is 0 Å². The third-order valence-electron chi connectivity index (χ3n) is 4.35. The van der Waals surface area contributed by atoms with E-state index in [0.717, 1.165) is 24.1 Å². The first-order valence-electron chi connectivity index (χ1n) is 8.99. The zero-order valence-corrected chi connectivity index (χ0v) is 16.5. The second-order valence-electron chi connectivity index (χ2n) is 6.37. The minimum atomic E-state index is -0.262. The lowest BCUT2D eigenvalue weighted by Gasteiger charge is -2.14. The fraction of sp³-hybridized carbons (Fsp3) is 0.368. The Morgan fingerprint density at radius 3 is 2.81 bits per heavy atom. The van der Waals surface area contributed by atoms with E-state index in [1.807, 2.05) is 45.0 Å². The fourth-order valence-corrected chi connectivity index (χ4v) is 3.48. The highest BCUT2D eigenvalue weighted by molar-refractivity contribution is 7.99. The summed E-state index contributed by atoms with van der Waals surface area (Å²) in [6.45, 7) is 6.08. The number of hydrogen-bond donors (Lipinski definition) is 2. The minimum Gasteiger partial charge on any atom is -0.353 e. The van der Waals surface area contributed by atoms with Crippen LogP contribution in [-0.4, -0.2) is 37.5 Å². The molecule has 0 saturated carbocycles. The number of benzene rings is 1. The minimum absolute atomic E-state index is 0.0661. The Kier molecular flexibility index (Phi) is 5.95. The molecule has 0 saturated heterocycles. The molecule has 0 fully saturated rings. The van der Waals surface area contributed by atoms with Crippen LogP contribution in [0.3, 0.4) is 0 Å². The number of nitrogens with one attached hydrogen (secondary N) is 2. The van der Waals surface area contributed by atoms with E-state index < -0.39 is 0 Å². The normalized spacial score (nSPS) is 11.3. The van der Waals surface area contributed by atoms with Gasteiger partial charge in [0.15, 0.2) is 10.8 Å². The van der Waals surface area contributed by atoms with Crippen LogP contribution in [0, 0.1) is 6.92 Å². The third kappa shape index (κ3) is 4.39. The number of fused-ring (bicyclic) bond motifs is 1. The van der Waals surface area contributed by atoms with Crippen LogP contribution in [0.25, 0.3) is 16.7 Å².